The topological polar surface area (TPSA) is 128 Å². The second-order valence-electron chi connectivity index (χ2n) is 7.60. The first-order valence-electron chi connectivity index (χ1n) is 10.5. The molecule has 32 heavy (non-hydrogen) atoms. The number of aromatic nitrogens is 6. The van der Waals surface area contributed by atoms with Gasteiger partial charge >= 0.3 is 11.7 Å². The molecule has 0 bridgehead atoms. The molecular weight excluding hydrogens is 412 g/mol. The normalized spacial score (nSPS) is 11.3. The first-order chi connectivity index (χ1) is 15.4. The zero-order valence-electron chi connectivity index (χ0n) is 17.9. The van der Waals surface area contributed by atoms with Crippen LogP contribution in [-0.4, -0.2) is 40.0 Å². The van der Waals surface area contributed by atoms with Gasteiger partial charge in [-0.2, -0.15) is 5.10 Å². The van der Waals surface area contributed by atoms with Gasteiger partial charge in [-0.05, 0) is 30.5 Å². The van der Waals surface area contributed by atoms with Crippen molar-refractivity contribution in [3.63, 3.8) is 0 Å². The van der Waals surface area contributed by atoms with Crippen molar-refractivity contribution >= 4 is 17.1 Å². The van der Waals surface area contributed by atoms with Crippen molar-refractivity contribution in [2.75, 3.05) is 0 Å². The molecule has 4 rings (SSSR count). The number of imidazole rings is 1. The van der Waals surface area contributed by atoms with Crippen LogP contribution in [0.15, 0.2) is 46.2 Å². The smallest absolute Gasteiger partial charge is 0.335 e. The molecule has 0 aliphatic heterocycles. The van der Waals surface area contributed by atoms with E-state index in [-0.39, 0.29) is 16.8 Å². The third kappa shape index (κ3) is 3.86. The highest BCUT2D eigenvalue weighted by molar-refractivity contribution is 5.87. The van der Waals surface area contributed by atoms with Crippen LogP contribution in [0.3, 0.4) is 0 Å². The SMILES string of the molecule is CCCn1c(=O)c2[nH]c(-c3cnn(Cc4ccc(C(=O)O)cc4)c3)nc2n(CCC)c1=O. The van der Waals surface area contributed by atoms with Crippen molar-refractivity contribution in [1.29, 1.82) is 0 Å². The van der Waals surface area contributed by atoms with Gasteiger partial charge < -0.3 is 10.1 Å². The molecule has 0 spiro atoms. The summed E-state index contributed by atoms with van der Waals surface area (Å²) in [6.07, 6.45) is 4.83. The maximum atomic E-state index is 12.9. The van der Waals surface area contributed by atoms with Gasteiger partial charge in [-0.3, -0.25) is 18.6 Å². The Hall–Kier alpha value is -3.95. The number of hydrogen-bond acceptors (Lipinski definition) is 5. The fraction of sp³-hybridized carbons (Fsp3) is 0.318. The first-order valence-corrected chi connectivity index (χ1v) is 10.5. The van der Waals surface area contributed by atoms with Gasteiger partial charge in [-0.25, -0.2) is 14.6 Å². The summed E-state index contributed by atoms with van der Waals surface area (Å²) in [6, 6.07) is 6.59. The van der Waals surface area contributed by atoms with Crippen molar-refractivity contribution in [3.8, 4) is 11.4 Å². The van der Waals surface area contributed by atoms with Gasteiger partial charge in [0.25, 0.3) is 5.56 Å². The maximum Gasteiger partial charge on any atom is 0.335 e. The van der Waals surface area contributed by atoms with Crippen molar-refractivity contribution in [1.82, 2.24) is 28.9 Å². The lowest BCUT2D eigenvalue weighted by Crippen LogP contribution is -2.40. The molecule has 3 aromatic heterocycles. The molecular formula is C22H24N6O4. The molecule has 0 saturated carbocycles. The van der Waals surface area contributed by atoms with Crippen LogP contribution in [0.1, 0.15) is 42.6 Å². The minimum atomic E-state index is -0.970. The van der Waals surface area contributed by atoms with E-state index in [9.17, 15) is 14.4 Å². The lowest BCUT2D eigenvalue weighted by atomic mass is 10.1. The van der Waals surface area contributed by atoms with E-state index in [1.165, 1.54) is 4.57 Å². The van der Waals surface area contributed by atoms with E-state index < -0.39 is 5.97 Å². The first kappa shape index (κ1) is 21.3. The van der Waals surface area contributed by atoms with Crippen LogP contribution in [0.5, 0.6) is 0 Å². The zero-order valence-corrected chi connectivity index (χ0v) is 17.9. The van der Waals surface area contributed by atoms with Crippen LogP contribution >= 0.6 is 0 Å². The average molecular weight is 436 g/mol. The Kier molecular flexibility index (Phi) is 5.76. The summed E-state index contributed by atoms with van der Waals surface area (Å²) < 4.78 is 4.50. The summed E-state index contributed by atoms with van der Waals surface area (Å²) in [5.41, 5.74) is 1.74. The molecule has 3 heterocycles. The summed E-state index contributed by atoms with van der Waals surface area (Å²) in [4.78, 5) is 44.3. The number of nitrogens with zero attached hydrogens (tertiary/aromatic N) is 5. The van der Waals surface area contributed by atoms with E-state index in [2.05, 4.69) is 15.1 Å². The van der Waals surface area contributed by atoms with Crippen LogP contribution in [-0.2, 0) is 19.6 Å². The largest absolute Gasteiger partial charge is 0.478 e. The molecule has 0 atom stereocenters. The molecule has 10 nitrogen and oxygen atoms in total. The van der Waals surface area contributed by atoms with Crippen molar-refractivity contribution in [2.24, 2.45) is 0 Å². The summed E-state index contributed by atoms with van der Waals surface area (Å²) in [6.45, 7) is 5.15. The third-order valence-corrected chi connectivity index (χ3v) is 5.21. The minimum absolute atomic E-state index is 0.226. The number of H-pyrrole nitrogens is 1. The summed E-state index contributed by atoms with van der Waals surface area (Å²) in [5, 5.41) is 13.4. The number of rotatable bonds is 8. The van der Waals surface area contributed by atoms with E-state index >= 15 is 0 Å². The highest BCUT2D eigenvalue weighted by Crippen LogP contribution is 2.18. The van der Waals surface area contributed by atoms with E-state index in [0.29, 0.717) is 48.6 Å². The van der Waals surface area contributed by atoms with Gasteiger partial charge in [0.15, 0.2) is 5.65 Å². The number of fused-ring (bicyclic) bond motifs is 1. The Morgan fingerprint density at radius 1 is 1.06 bits per heavy atom. The molecule has 10 heteroatoms. The standard InChI is InChI=1S/C22H24N6O4/c1-3-9-27-19-17(20(29)28(10-4-2)22(27)32)24-18(25-19)16-11-23-26(13-16)12-14-5-7-15(8-6-14)21(30)31/h5-8,11,13H,3-4,9-10,12H2,1-2H3,(H,24,25)(H,30,31). The molecule has 0 amide bonds. The molecule has 0 saturated heterocycles. The average Bonchev–Trinajstić information content (AvgIpc) is 3.42. The summed E-state index contributed by atoms with van der Waals surface area (Å²) in [7, 11) is 0. The molecule has 4 aromatic rings. The number of nitrogens with one attached hydrogen (secondary N) is 1. The number of carboxylic acids is 1. The molecule has 0 aliphatic rings. The predicted molar refractivity (Wildman–Crippen MR) is 119 cm³/mol. The monoisotopic (exact) mass is 436 g/mol. The Morgan fingerprint density at radius 3 is 2.41 bits per heavy atom. The Bertz CT molecular complexity index is 1390. The molecule has 166 valence electrons. The van der Waals surface area contributed by atoms with E-state index in [0.717, 1.165) is 12.0 Å². The number of benzene rings is 1. The molecule has 1 aromatic carbocycles. The maximum absolute atomic E-state index is 12.9. The van der Waals surface area contributed by atoms with Crippen LogP contribution < -0.4 is 11.2 Å². The fourth-order valence-corrected chi connectivity index (χ4v) is 3.66. The quantitative estimate of drug-likeness (QED) is 0.436. The van der Waals surface area contributed by atoms with E-state index in [1.54, 1.807) is 45.9 Å². The Morgan fingerprint density at radius 2 is 1.75 bits per heavy atom. The van der Waals surface area contributed by atoms with E-state index in [1.807, 2.05) is 13.8 Å². The number of aryl methyl sites for hydroxylation is 1. The highest BCUT2D eigenvalue weighted by atomic mass is 16.4. The van der Waals surface area contributed by atoms with Gasteiger partial charge in [0.05, 0.1) is 23.9 Å². The van der Waals surface area contributed by atoms with Crippen molar-refractivity contribution in [3.05, 3.63) is 68.6 Å². The molecule has 0 aliphatic carbocycles. The minimum Gasteiger partial charge on any atom is -0.478 e. The van der Waals surface area contributed by atoms with Crippen LogP contribution in [0.25, 0.3) is 22.6 Å². The van der Waals surface area contributed by atoms with Crippen molar-refractivity contribution in [2.45, 2.75) is 46.3 Å². The number of carbonyl (C=O) groups is 1. The van der Waals surface area contributed by atoms with Gasteiger partial charge in [0.2, 0.25) is 0 Å². The van der Waals surface area contributed by atoms with Crippen molar-refractivity contribution < 1.29 is 9.90 Å². The van der Waals surface area contributed by atoms with Crippen LogP contribution in [0, 0.1) is 0 Å². The highest BCUT2D eigenvalue weighted by Gasteiger charge is 2.18. The number of aromatic amines is 1. The fourth-order valence-electron chi connectivity index (χ4n) is 3.66. The lowest BCUT2D eigenvalue weighted by molar-refractivity contribution is 0.0697. The summed E-state index contributed by atoms with van der Waals surface area (Å²) in [5.74, 6) is -0.509. The van der Waals surface area contributed by atoms with Gasteiger partial charge in [-0.15, -0.1) is 0 Å². The number of hydrogen-bond donors (Lipinski definition) is 2. The zero-order chi connectivity index (χ0) is 22.8. The second-order valence-corrected chi connectivity index (χ2v) is 7.60. The van der Waals surface area contributed by atoms with Crippen LogP contribution in [0.2, 0.25) is 0 Å². The van der Waals surface area contributed by atoms with Gasteiger partial charge in [-0.1, -0.05) is 26.0 Å². The molecule has 0 radical (unpaired) electrons. The predicted octanol–water partition coefficient (Wildman–Crippen LogP) is 2.32. The lowest BCUT2D eigenvalue weighted by Gasteiger charge is -2.09. The number of aromatic carboxylic acids is 1. The van der Waals surface area contributed by atoms with Crippen LogP contribution in [0.4, 0.5) is 0 Å². The van der Waals surface area contributed by atoms with Gasteiger partial charge in [0.1, 0.15) is 11.3 Å². The Labute approximate surface area is 182 Å². The Balaban J connectivity index is 1.70. The third-order valence-electron chi connectivity index (χ3n) is 5.21. The van der Waals surface area contributed by atoms with E-state index in [4.69, 9.17) is 5.11 Å². The second kappa shape index (κ2) is 8.66. The molecule has 0 fully saturated rings. The van der Waals surface area contributed by atoms with Gasteiger partial charge in [0, 0.05) is 19.3 Å². The number of carboxylic acid groups (broad SMARTS) is 1. The molecule has 2 N–H and O–H groups in total. The summed E-state index contributed by atoms with van der Waals surface area (Å²) >= 11 is 0. The molecule has 0 unspecified atom stereocenters.